The Labute approximate surface area is 102 Å². The van der Waals surface area contributed by atoms with E-state index in [1.165, 1.54) is 19.3 Å². The summed E-state index contributed by atoms with van der Waals surface area (Å²) in [5.74, 6) is 0. The lowest BCUT2D eigenvalue weighted by Crippen LogP contribution is -2.31. The number of nitrogens with two attached hydrogens (primary N) is 1. The van der Waals surface area contributed by atoms with Gasteiger partial charge in [-0.1, -0.05) is 37.9 Å². The van der Waals surface area contributed by atoms with Gasteiger partial charge in [-0.05, 0) is 30.4 Å². The first kappa shape index (κ1) is 11.6. The van der Waals surface area contributed by atoms with E-state index in [-0.39, 0.29) is 0 Å². The summed E-state index contributed by atoms with van der Waals surface area (Å²) in [6.45, 7) is 4.61. The van der Waals surface area contributed by atoms with Crippen LogP contribution < -0.4 is 11.1 Å². The Balaban J connectivity index is 2.18. The predicted molar refractivity (Wildman–Crippen MR) is 70.9 cm³/mol. The summed E-state index contributed by atoms with van der Waals surface area (Å²) in [5.41, 5.74) is 7.92. The highest BCUT2D eigenvalue weighted by molar-refractivity contribution is 6.33. The summed E-state index contributed by atoms with van der Waals surface area (Å²) in [6, 6.07) is 6.24. The maximum absolute atomic E-state index is 6.01. The van der Waals surface area contributed by atoms with E-state index in [1.807, 2.05) is 18.2 Å². The maximum Gasteiger partial charge on any atom is 0.0739 e. The molecule has 1 aliphatic rings. The van der Waals surface area contributed by atoms with Crippen molar-refractivity contribution in [2.75, 3.05) is 11.1 Å². The van der Waals surface area contributed by atoms with Crippen LogP contribution in [0.3, 0.4) is 0 Å². The van der Waals surface area contributed by atoms with Gasteiger partial charge < -0.3 is 11.1 Å². The van der Waals surface area contributed by atoms with Crippen LogP contribution in [-0.4, -0.2) is 6.04 Å². The first-order chi connectivity index (χ1) is 7.50. The Bertz CT molecular complexity index is 388. The standard InChI is InChI=1S/C13H19ClN2/c1-13(2)8-4-7-11(13)16-10-6-3-5-9(14)12(10)15/h3,5-6,11,16H,4,7-8,15H2,1-2H3. The maximum atomic E-state index is 6.01. The second-order valence-corrected chi connectivity index (χ2v) is 5.69. The number of para-hydroxylation sites is 1. The van der Waals surface area contributed by atoms with E-state index >= 15 is 0 Å². The Morgan fingerprint density at radius 2 is 2.19 bits per heavy atom. The average Bonchev–Trinajstić information content (AvgIpc) is 2.54. The third-order valence-electron chi connectivity index (χ3n) is 3.64. The third kappa shape index (κ3) is 2.12. The number of hydrogen-bond acceptors (Lipinski definition) is 2. The topological polar surface area (TPSA) is 38.0 Å². The number of rotatable bonds is 2. The van der Waals surface area contributed by atoms with Gasteiger partial charge in [-0.3, -0.25) is 0 Å². The molecular formula is C13H19ClN2. The SMILES string of the molecule is CC1(C)CCCC1Nc1cccc(Cl)c1N. The fourth-order valence-electron chi connectivity index (χ4n) is 2.44. The lowest BCUT2D eigenvalue weighted by atomic mass is 9.87. The molecule has 0 saturated heterocycles. The molecule has 1 fully saturated rings. The zero-order valence-electron chi connectivity index (χ0n) is 9.89. The molecule has 3 N–H and O–H groups in total. The molecule has 16 heavy (non-hydrogen) atoms. The fourth-order valence-corrected chi connectivity index (χ4v) is 2.62. The van der Waals surface area contributed by atoms with Crippen molar-refractivity contribution in [2.24, 2.45) is 5.41 Å². The van der Waals surface area contributed by atoms with Crippen molar-refractivity contribution in [3.05, 3.63) is 23.2 Å². The van der Waals surface area contributed by atoms with E-state index in [0.29, 0.717) is 22.2 Å². The van der Waals surface area contributed by atoms with Crippen LogP contribution in [0.4, 0.5) is 11.4 Å². The number of anilines is 2. The second-order valence-electron chi connectivity index (χ2n) is 5.28. The van der Waals surface area contributed by atoms with Crippen LogP contribution in [0.1, 0.15) is 33.1 Å². The molecule has 0 bridgehead atoms. The predicted octanol–water partition coefficient (Wildman–Crippen LogP) is 3.91. The number of halogens is 1. The number of nitrogen functional groups attached to an aromatic ring is 1. The highest BCUT2D eigenvalue weighted by Gasteiger charge is 2.34. The minimum absolute atomic E-state index is 0.342. The van der Waals surface area contributed by atoms with Crippen LogP contribution in [0.5, 0.6) is 0 Å². The van der Waals surface area contributed by atoms with Crippen molar-refractivity contribution < 1.29 is 0 Å². The minimum Gasteiger partial charge on any atom is -0.396 e. The van der Waals surface area contributed by atoms with Crippen LogP contribution >= 0.6 is 11.6 Å². The molecule has 1 aromatic carbocycles. The van der Waals surface area contributed by atoms with Crippen molar-refractivity contribution in [1.82, 2.24) is 0 Å². The molecule has 0 heterocycles. The summed E-state index contributed by atoms with van der Waals surface area (Å²) < 4.78 is 0. The molecule has 1 aromatic rings. The van der Waals surface area contributed by atoms with Crippen molar-refractivity contribution in [3.63, 3.8) is 0 Å². The molecule has 2 nitrogen and oxygen atoms in total. The van der Waals surface area contributed by atoms with E-state index in [2.05, 4.69) is 19.2 Å². The smallest absolute Gasteiger partial charge is 0.0739 e. The zero-order chi connectivity index (χ0) is 11.8. The average molecular weight is 239 g/mol. The Hall–Kier alpha value is -0.890. The van der Waals surface area contributed by atoms with E-state index in [4.69, 9.17) is 17.3 Å². The number of benzene rings is 1. The van der Waals surface area contributed by atoms with E-state index in [1.54, 1.807) is 0 Å². The largest absolute Gasteiger partial charge is 0.396 e. The zero-order valence-corrected chi connectivity index (χ0v) is 10.6. The lowest BCUT2D eigenvalue weighted by Gasteiger charge is -2.29. The van der Waals surface area contributed by atoms with Gasteiger partial charge in [0.2, 0.25) is 0 Å². The highest BCUT2D eigenvalue weighted by atomic mass is 35.5. The molecule has 1 unspecified atom stereocenters. The van der Waals surface area contributed by atoms with Gasteiger partial charge in [0.25, 0.3) is 0 Å². The van der Waals surface area contributed by atoms with Crippen LogP contribution in [0.2, 0.25) is 5.02 Å². The molecule has 2 rings (SSSR count). The highest BCUT2D eigenvalue weighted by Crippen LogP contribution is 2.40. The summed E-state index contributed by atoms with van der Waals surface area (Å²) >= 11 is 6.01. The van der Waals surface area contributed by atoms with Crippen LogP contribution in [0.25, 0.3) is 0 Å². The monoisotopic (exact) mass is 238 g/mol. The van der Waals surface area contributed by atoms with Gasteiger partial charge in [0.1, 0.15) is 0 Å². The van der Waals surface area contributed by atoms with Gasteiger partial charge in [-0.15, -0.1) is 0 Å². The van der Waals surface area contributed by atoms with Crippen LogP contribution in [0.15, 0.2) is 18.2 Å². The number of hydrogen-bond donors (Lipinski definition) is 2. The summed E-state index contributed by atoms with van der Waals surface area (Å²) in [5, 5.41) is 4.16. The molecule has 0 spiro atoms. The van der Waals surface area contributed by atoms with Crippen molar-refractivity contribution in [1.29, 1.82) is 0 Å². The minimum atomic E-state index is 0.342. The molecular weight excluding hydrogens is 220 g/mol. The fraction of sp³-hybridized carbons (Fsp3) is 0.538. The van der Waals surface area contributed by atoms with Crippen molar-refractivity contribution in [2.45, 2.75) is 39.2 Å². The first-order valence-electron chi connectivity index (χ1n) is 5.81. The van der Waals surface area contributed by atoms with Crippen LogP contribution in [-0.2, 0) is 0 Å². The molecule has 0 radical (unpaired) electrons. The van der Waals surface area contributed by atoms with Gasteiger partial charge >= 0.3 is 0 Å². The van der Waals surface area contributed by atoms with E-state index in [9.17, 15) is 0 Å². The molecule has 1 atom stereocenters. The Morgan fingerprint density at radius 1 is 1.44 bits per heavy atom. The number of nitrogens with one attached hydrogen (secondary N) is 1. The molecule has 1 saturated carbocycles. The van der Waals surface area contributed by atoms with Crippen molar-refractivity contribution >= 4 is 23.0 Å². The van der Waals surface area contributed by atoms with Crippen molar-refractivity contribution in [3.8, 4) is 0 Å². The second kappa shape index (κ2) is 4.17. The van der Waals surface area contributed by atoms with E-state index in [0.717, 1.165) is 5.69 Å². The van der Waals surface area contributed by atoms with Gasteiger partial charge in [-0.2, -0.15) is 0 Å². The van der Waals surface area contributed by atoms with Crippen LogP contribution in [0, 0.1) is 5.41 Å². The van der Waals surface area contributed by atoms with Gasteiger partial charge in [0.05, 0.1) is 16.4 Å². The molecule has 0 amide bonds. The summed E-state index contributed by atoms with van der Waals surface area (Å²) in [7, 11) is 0. The Kier molecular flexibility index (Phi) is 3.02. The van der Waals surface area contributed by atoms with Gasteiger partial charge in [0, 0.05) is 6.04 Å². The molecule has 0 aromatic heterocycles. The van der Waals surface area contributed by atoms with Gasteiger partial charge in [-0.25, -0.2) is 0 Å². The normalized spacial score (nSPS) is 23.3. The summed E-state index contributed by atoms with van der Waals surface area (Å²) in [6.07, 6.45) is 3.76. The third-order valence-corrected chi connectivity index (χ3v) is 3.97. The summed E-state index contributed by atoms with van der Waals surface area (Å²) in [4.78, 5) is 0. The lowest BCUT2D eigenvalue weighted by molar-refractivity contribution is 0.350. The quantitative estimate of drug-likeness (QED) is 0.767. The molecule has 1 aliphatic carbocycles. The molecule has 3 heteroatoms. The van der Waals surface area contributed by atoms with Gasteiger partial charge in [0.15, 0.2) is 0 Å². The first-order valence-corrected chi connectivity index (χ1v) is 6.19. The molecule has 88 valence electrons. The van der Waals surface area contributed by atoms with E-state index < -0.39 is 0 Å². The Morgan fingerprint density at radius 3 is 2.81 bits per heavy atom. The molecule has 0 aliphatic heterocycles.